The molecule has 0 radical (unpaired) electrons. The van der Waals surface area contributed by atoms with Crippen LogP contribution in [-0.4, -0.2) is 9.78 Å². The third-order valence-corrected chi connectivity index (χ3v) is 4.40. The Morgan fingerprint density at radius 3 is 2.42 bits per heavy atom. The number of anilines is 2. The van der Waals surface area contributed by atoms with Crippen LogP contribution in [0.25, 0.3) is 22.0 Å². The zero-order valence-corrected chi connectivity index (χ0v) is 14.5. The predicted molar refractivity (Wildman–Crippen MR) is 107 cm³/mol. The minimum atomic E-state index is -0.125. The molecule has 0 aliphatic heterocycles. The van der Waals surface area contributed by atoms with Gasteiger partial charge in [-0.1, -0.05) is 66.7 Å². The van der Waals surface area contributed by atoms with E-state index in [1.807, 2.05) is 67.6 Å². The van der Waals surface area contributed by atoms with Gasteiger partial charge in [0, 0.05) is 23.2 Å². The molecule has 0 saturated carbocycles. The lowest BCUT2D eigenvalue weighted by Crippen LogP contribution is -2.24. The van der Waals surface area contributed by atoms with E-state index in [9.17, 15) is 4.79 Å². The van der Waals surface area contributed by atoms with Crippen LogP contribution in [0.2, 0.25) is 0 Å². The van der Waals surface area contributed by atoms with E-state index >= 15 is 0 Å². The van der Waals surface area contributed by atoms with Crippen LogP contribution in [0, 0.1) is 0 Å². The van der Waals surface area contributed by atoms with Gasteiger partial charge in [0.2, 0.25) is 0 Å². The number of aryl methyl sites for hydroxylation is 1. The Bertz CT molecular complexity index is 1110. The summed E-state index contributed by atoms with van der Waals surface area (Å²) in [5.41, 5.74) is 3.07. The maximum atomic E-state index is 12.8. The minimum absolute atomic E-state index is 0.125. The lowest BCUT2D eigenvalue weighted by atomic mass is 10.1. The van der Waals surface area contributed by atoms with E-state index in [-0.39, 0.29) is 5.56 Å². The van der Waals surface area contributed by atoms with Gasteiger partial charge in [-0.05, 0) is 24.4 Å². The van der Waals surface area contributed by atoms with E-state index in [0.29, 0.717) is 12.2 Å². The summed E-state index contributed by atoms with van der Waals surface area (Å²) in [6.07, 6.45) is 0. The summed E-state index contributed by atoms with van der Waals surface area (Å²) in [5, 5.41) is 10.0. The van der Waals surface area contributed by atoms with Crippen molar-refractivity contribution in [3.8, 4) is 11.3 Å². The van der Waals surface area contributed by atoms with Crippen molar-refractivity contribution in [2.24, 2.45) is 0 Å². The average molecular weight is 341 g/mol. The SMILES string of the molecule is CCn1nc(-c2ccccc2)cc(Nc2cccc3ccccc23)c1=O. The van der Waals surface area contributed by atoms with Crippen molar-refractivity contribution in [3.63, 3.8) is 0 Å². The van der Waals surface area contributed by atoms with Crippen LogP contribution in [0.4, 0.5) is 11.4 Å². The fraction of sp³-hybridized carbons (Fsp3) is 0.0909. The van der Waals surface area contributed by atoms with E-state index in [1.165, 1.54) is 4.68 Å². The monoisotopic (exact) mass is 341 g/mol. The molecule has 128 valence electrons. The molecule has 3 aromatic carbocycles. The highest BCUT2D eigenvalue weighted by Gasteiger charge is 2.10. The highest BCUT2D eigenvalue weighted by molar-refractivity contribution is 5.95. The Kier molecular flexibility index (Phi) is 4.23. The predicted octanol–water partition coefficient (Wildman–Crippen LogP) is 4.83. The normalized spacial score (nSPS) is 10.8. The molecule has 0 spiro atoms. The molecule has 4 rings (SSSR count). The standard InChI is InChI=1S/C22H19N3O/c1-2-25-22(26)21(15-20(24-25)17-10-4-3-5-11-17)23-19-14-8-12-16-9-6-7-13-18(16)19/h3-15,23H,2H2,1H3. The van der Waals surface area contributed by atoms with Gasteiger partial charge in [-0.2, -0.15) is 5.10 Å². The van der Waals surface area contributed by atoms with E-state index in [1.54, 1.807) is 0 Å². The van der Waals surface area contributed by atoms with Gasteiger partial charge in [0.1, 0.15) is 5.69 Å². The van der Waals surface area contributed by atoms with Gasteiger partial charge in [0.05, 0.1) is 5.69 Å². The summed E-state index contributed by atoms with van der Waals surface area (Å²) in [6, 6.07) is 25.9. The summed E-state index contributed by atoms with van der Waals surface area (Å²) in [6.45, 7) is 2.44. The van der Waals surface area contributed by atoms with E-state index < -0.39 is 0 Å². The number of rotatable bonds is 4. The molecule has 1 N–H and O–H groups in total. The molecule has 0 aliphatic carbocycles. The maximum Gasteiger partial charge on any atom is 0.290 e. The summed E-state index contributed by atoms with van der Waals surface area (Å²) in [4.78, 5) is 12.8. The Morgan fingerprint density at radius 1 is 0.885 bits per heavy atom. The topological polar surface area (TPSA) is 46.9 Å². The largest absolute Gasteiger partial charge is 0.350 e. The first-order valence-corrected chi connectivity index (χ1v) is 8.68. The quantitative estimate of drug-likeness (QED) is 0.578. The Balaban J connectivity index is 1.84. The van der Waals surface area contributed by atoms with Crippen molar-refractivity contribution in [1.29, 1.82) is 0 Å². The second-order valence-corrected chi connectivity index (χ2v) is 6.08. The second kappa shape index (κ2) is 6.84. The van der Waals surface area contributed by atoms with Crippen LogP contribution in [0.1, 0.15) is 6.92 Å². The molecule has 0 aliphatic rings. The van der Waals surface area contributed by atoms with Gasteiger partial charge >= 0.3 is 0 Å². The second-order valence-electron chi connectivity index (χ2n) is 6.08. The van der Waals surface area contributed by atoms with Crippen LogP contribution >= 0.6 is 0 Å². The molecular formula is C22H19N3O. The number of fused-ring (bicyclic) bond motifs is 1. The van der Waals surface area contributed by atoms with Crippen molar-refractivity contribution < 1.29 is 0 Å². The van der Waals surface area contributed by atoms with Crippen molar-refractivity contribution >= 4 is 22.1 Å². The first-order valence-electron chi connectivity index (χ1n) is 8.68. The summed E-state index contributed by atoms with van der Waals surface area (Å²) in [7, 11) is 0. The molecule has 0 bridgehead atoms. The Morgan fingerprint density at radius 2 is 1.62 bits per heavy atom. The molecule has 26 heavy (non-hydrogen) atoms. The fourth-order valence-corrected chi connectivity index (χ4v) is 3.08. The molecule has 0 unspecified atom stereocenters. The third-order valence-electron chi connectivity index (χ3n) is 4.40. The summed E-state index contributed by atoms with van der Waals surface area (Å²) >= 11 is 0. The molecule has 0 saturated heterocycles. The van der Waals surface area contributed by atoms with Crippen LogP contribution in [0.5, 0.6) is 0 Å². The minimum Gasteiger partial charge on any atom is -0.350 e. The Hall–Kier alpha value is -3.40. The van der Waals surface area contributed by atoms with Gasteiger partial charge in [-0.15, -0.1) is 0 Å². The van der Waals surface area contributed by atoms with Gasteiger partial charge in [-0.3, -0.25) is 4.79 Å². The van der Waals surface area contributed by atoms with Crippen LogP contribution in [0.3, 0.4) is 0 Å². The molecule has 4 nitrogen and oxygen atoms in total. The summed E-state index contributed by atoms with van der Waals surface area (Å²) in [5.74, 6) is 0. The first-order chi connectivity index (χ1) is 12.8. The number of hydrogen-bond donors (Lipinski definition) is 1. The number of hydrogen-bond acceptors (Lipinski definition) is 3. The molecule has 0 amide bonds. The van der Waals surface area contributed by atoms with Gasteiger partial charge in [0.15, 0.2) is 0 Å². The zero-order chi connectivity index (χ0) is 17.9. The molecule has 0 atom stereocenters. The van der Waals surface area contributed by atoms with E-state index in [2.05, 4.69) is 28.6 Å². The zero-order valence-electron chi connectivity index (χ0n) is 14.5. The molecule has 1 aromatic heterocycles. The van der Waals surface area contributed by atoms with Gasteiger partial charge in [-0.25, -0.2) is 4.68 Å². The molecular weight excluding hydrogens is 322 g/mol. The third kappa shape index (κ3) is 2.97. The van der Waals surface area contributed by atoms with Crippen molar-refractivity contribution in [3.05, 3.63) is 89.2 Å². The highest BCUT2D eigenvalue weighted by Crippen LogP contribution is 2.26. The highest BCUT2D eigenvalue weighted by atomic mass is 16.1. The van der Waals surface area contributed by atoms with E-state index in [4.69, 9.17) is 0 Å². The molecule has 4 aromatic rings. The van der Waals surface area contributed by atoms with Gasteiger partial charge < -0.3 is 5.32 Å². The van der Waals surface area contributed by atoms with Gasteiger partial charge in [0.25, 0.3) is 5.56 Å². The molecule has 1 heterocycles. The fourth-order valence-electron chi connectivity index (χ4n) is 3.08. The lowest BCUT2D eigenvalue weighted by molar-refractivity contribution is 0.621. The maximum absolute atomic E-state index is 12.8. The lowest BCUT2D eigenvalue weighted by Gasteiger charge is -2.13. The summed E-state index contributed by atoms with van der Waals surface area (Å²) < 4.78 is 1.50. The van der Waals surface area contributed by atoms with Crippen molar-refractivity contribution in [2.45, 2.75) is 13.5 Å². The first kappa shape index (κ1) is 16.1. The van der Waals surface area contributed by atoms with Crippen molar-refractivity contribution in [2.75, 3.05) is 5.32 Å². The van der Waals surface area contributed by atoms with Crippen molar-refractivity contribution in [1.82, 2.24) is 9.78 Å². The molecule has 0 fully saturated rings. The number of aromatic nitrogens is 2. The van der Waals surface area contributed by atoms with Crippen LogP contribution in [0.15, 0.2) is 83.7 Å². The number of nitrogens with zero attached hydrogens (tertiary/aromatic N) is 2. The van der Waals surface area contributed by atoms with Crippen LogP contribution in [-0.2, 0) is 6.54 Å². The average Bonchev–Trinajstić information content (AvgIpc) is 2.70. The van der Waals surface area contributed by atoms with Crippen LogP contribution < -0.4 is 10.9 Å². The smallest absolute Gasteiger partial charge is 0.290 e. The Labute approximate surface area is 151 Å². The van der Waals surface area contributed by atoms with E-state index in [0.717, 1.165) is 27.7 Å². The molecule has 4 heteroatoms. The number of nitrogens with one attached hydrogen (secondary N) is 1. The number of benzene rings is 3.